The van der Waals surface area contributed by atoms with Crippen molar-refractivity contribution in [3.63, 3.8) is 0 Å². The van der Waals surface area contributed by atoms with Crippen LogP contribution in [0.2, 0.25) is 0 Å². The Balaban J connectivity index is 1.75. The van der Waals surface area contributed by atoms with Crippen LogP contribution < -0.4 is 10.2 Å². The van der Waals surface area contributed by atoms with Crippen molar-refractivity contribution in [1.29, 1.82) is 0 Å². The van der Waals surface area contributed by atoms with E-state index < -0.39 is 29.3 Å². The van der Waals surface area contributed by atoms with E-state index in [2.05, 4.69) is 5.32 Å². The highest BCUT2D eigenvalue weighted by molar-refractivity contribution is 6.04. The van der Waals surface area contributed by atoms with Gasteiger partial charge in [0.25, 0.3) is 5.91 Å². The highest BCUT2D eigenvalue weighted by Crippen LogP contribution is 2.38. The minimum Gasteiger partial charge on any atom is -0.444 e. The molecule has 1 N–H and O–H groups in total. The number of carbonyl (C=O) groups is 2. The number of anilines is 2. The minimum atomic E-state index is -4.61. The van der Waals surface area contributed by atoms with Crippen LogP contribution in [-0.4, -0.2) is 48.7 Å². The van der Waals surface area contributed by atoms with Gasteiger partial charge >= 0.3 is 12.3 Å². The van der Waals surface area contributed by atoms with E-state index in [9.17, 15) is 22.8 Å². The molecule has 0 unspecified atom stereocenters. The smallest absolute Gasteiger partial charge is 0.418 e. The quantitative estimate of drug-likeness (QED) is 0.669. The monoisotopic (exact) mass is 463 g/mol. The van der Waals surface area contributed by atoms with Gasteiger partial charge in [0.05, 0.1) is 5.56 Å². The van der Waals surface area contributed by atoms with Crippen molar-refractivity contribution in [2.45, 2.75) is 39.5 Å². The summed E-state index contributed by atoms with van der Waals surface area (Å²) in [6.07, 6.45) is -5.09. The number of benzene rings is 2. The molecule has 2 amide bonds. The zero-order valence-electron chi connectivity index (χ0n) is 19.1. The maximum atomic E-state index is 13.9. The number of nitrogens with zero attached hydrogens (tertiary/aromatic N) is 2. The number of ether oxygens (including phenoxy) is 1. The molecule has 0 aliphatic carbocycles. The summed E-state index contributed by atoms with van der Waals surface area (Å²) in [7, 11) is 0. The average Bonchev–Trinajstić information content (AvgIpc) is 2.72. The second-order valence-corrected chi connectivity index (χ2v) is 9.01. The zero-order valence-corrected chi connectivity index (χ0v) is 19.1. The summed E-state index contributed by atoms with van der Waals surface area (Å²) in [5.41, 5.74) is -0.165. The molecule has 0 radical (unpaired) electrons. The molecule has 33 heavy (non-hydrogen) atoms. The molecular weight excluding hydrogens is 435 g/mol. The Morgan fingerprint density at radius 2 is 1.64 bits per heavy atom. The Hall–Kier alpha value is -3.23. The van der Waals surface area contributed by atoms with E-state index in [1.807, 2.05) is 13.0 Å². The summed E-state index contributed by atoms with van der Waals surface area (Å²) < 4.78 is 46.9. The van der Waals surface area contributed by atoms with Crippen molar-refractivity contribution in [3.05, 3.63) is 59.2 Å². The van der Waals surface area contributed by atoms with E-state index in [-0.39, 0.29) is 37.6 Å². The number of aryl methyl sites for hydroxylation is 1. The van der Waals surface area contributed by atoms with Crippen LogP contribution in [0.15, 0.2) is 42.5 Å². The first-order valence-corrected chi connectivity index (χ1v) is 10.7. The Labute approximate surface area is 191 Å². The third-order valence-corrected chi connectivity index (χ3v) is 5.11. The van der Waals surface area contributed by atoms with Gasteiger partial charge in [0.15, 0.2) is 0 Å². The second-order valence-electron chi connectivity index (χ2n) is 9.01. The van der Waals surface area contributed by atoms with Crippen molar-refractivity contribution in [2.24, 2.45) is 0 Å². The van der Waals surface area contributed by atoms with E-state index in [0.717, 1.165) is 11.6 Å². The molecule has 2 aromatic carbocycles. The van der Waals surface area contributed by atoms with Crippen LogP contribution in [0.1, 0.15) is 42.3 Å². The molecule has 0 bridgehead atoms. The Morgan fingerprint density at radius 3 is 2.21 bits per heavy atom. The van der Waals surface area contributed by atoms with Gasteiger partial charge in [-0.3, -0.25) is 4.79 Å². The van der Waals surface area contributed by atoms with E-state index in [0.29, 0.717) is 5.56 Å². The summed E-state index contributed by atoms with van der Waals surface area (Å²) in [5, 5.41) is 2.54. The van der Waals surface area contributed by atoms with Crippen LogP contribution in [0.25, 0.3) is 0 Å². The number of hydrogen-bond acceptors (Lipinski definition) is 4. The molecule has 0 saturated carbocycles. The number of carbonyl (C=O) groups excluding carboxylic acids is 2. The molecule has 1 fully saturated rings. The van der Waals surface area contributed by atoms with Crippen molar-refractivity contribution in [1.82, 2.24) is 4.90 Å². The fourth-order valence-electron chi connectivity index (χ4n) is 3.56. The summed E-state index contributed by atoms with van der Waals surface area (Å²) >= 11 is 0. The molecule has 3 rings (SSSR count). The highest BCUT2D eigenvalue weighted by Gasteiger charge is 2.36. The van der Waals surface area contributed by atoms with Crippen LogP contribution in [0.4, 0.5) is 29.3 Å². The highest BCUT2D eigenvalue weighted by atomic mass is 19.4. The van der Waals surface area contributed by atoms with Crippen molar-refractivity contribution in [2.75, 3.05) is 36.4 Å². The maximum Gasteiger partial charge on any atom is 0.418 e. The molecule has 1 aliphatic rings. The zero-order chi connectivity index (χ0) is 24.4. The summed E-state index contributed by atoms with van der Waals surface area (Å²) in [6.45, 7) is 8.07. The van der Waals surface area contributed by atoms with Gasteiger partial charge in [0, 0.05) is 43.1 Å². The van der Waals surface area contributed by atoms with Gasteiger partial charge in [0.1, 0.15) is 5.60 Å². The van der Waals surface area contributed by atoms with Crippen molar-refractivity contribution >= 4 is 23.4 Å². The van der Waals surface area contributed by atoms with Crippen LogP contribution >= 0.6 is 0 Å². The first-order valence-electron chi connectivity index (χ1n) is 10.7. The van der Waals surface area contributed by atoms with Gasteiger partial charge in [-0.25, -0.2) is 4.79 Å². The van der Waals surface area contributed by atoms with E-state index in [1.165, 1.54) is 17.0 Å². The summed E-state index contributed by atoms with van der Waals surface area (Å²) in [5.74, 6) is -0.481. The number of alkyl halides is 3. The first kappa shape index (κ1) is 24.4. The number of hydrogen-bond donors (Lipinski definition) is 1. The molecular formula is C24H28F3N3O3. The normalized spacial score (nSPS) is 14.8. The molecule has 9 heteroatoms. The number of piperazine rings is 1. The number of halogens is 3. The first-order chi connectivity index (χ1) is 15.3. The fraction of sp³-hybridized carbons (Fsp3) is 0.417. The number of nitrogens with one attached hydrogen (secondary N) is 1. The molecule has 1 aliphatic heterocycles. The number of rotatable bonds is 3. The lowest BCUT2D eigenvalue weighted by atomic mass is 10.1. The molecule has 178 valence electrons. The standard InChI is InChI=1S/C24H28F3N3O3/c1-16-6-5-7-17(14-16)21(31)28-18-8-9-20(19(15-18)24(25,26)27)29-10-12-30(13-11-29)22(32)33-23(2,3)4/h5-9,14-15H,10-13H2,1-4H3,(H,28,31). The second kappa shape index (κ2) is 9.33. The summed E-state index contributed by atoms with van der Waals surface area (Å²) in [6, 6.07) is 10.6. The van der Waals surface area contributed by atoms with Crippen molar-refractivity contribution < 1.29 is 27.5 Å². The van der Waals surface area contributed by atoms with Gasteiger partial charge in [-0.15, -0.1) is 0 Å². The van der Waals surface area contributed by atoms with Crippen LogP contribution in [0.3, 0.4) is 0 Å². The van der Waals surface area contributed by atoms with Gasteiger partial charge in [0.2, 0.25) is 0 Å². The minimum absolute atomic E-state index is 0.0138. The topological polar surface area (TPSA) is 61.9 Å². The molecule has 6 nitrogen and oxygen atoms in total. The Bertz CT molecular complexity index is 1020. The Kier molecular flexibility index (Phi) is 6.90. The third kappa shape index (κ3) is 6.40. The largest absolute Gasteiger partial charge is 0.444 e. The lowest BCUT2D eigenvalue weighted by Crippen LogP contribution is -2.50. The fourth-order valence-corrected chi connectivity index (χ4v) is 3.56. The van der Waals surface area contributed by atoms with Gasteiger partial charge < -0.3 is 19.9 Å². The Morgan fingerprint density at radius 1 is 0.970 bits per heavy atom. The van der Waals surface area contributed by atoms with Crippen LogP contribution in [-0.2, 0) is 10.9 Å². The molecule has 1 heterocycles. The van der Waals surface area contributed by atoms with Gasteiger partial charge in [-0.1, -0.05) is 17.7 Å². The lowest BCUT2D eigenvalue weighted by molar-refractivity contribution is -0.137. The SMILES string of the molecule is Cc1cccc(C(=O)Nc2ccc(N3CCN(C(=O)OC(C)(C)C)CC3)c(C(F)(F)F)c2)c1. The van der Waals surface area contributed by atoms with E-state index in [1.54, 1.807) is 43.9 Å². The molecule has 0 spiro atoms. The average molecular weight is 464 g/mol. The maximum absolute atomic E-state index is 13.9. The van der Waals surface area contributed by atoms with Crippen LogP contribution in [0.5, 0.6) is 0 Å². The van der Waals surface area contributed by atoms with E-state index in [4.69, 9.17) is 4.74 Å². The van der Waals surface area contributed by atoms with Crippen LogP contribution in [0, 0.1) is 6.92 Å². The summed E-state index contributed by atoms with van der Waals surface area (Å²) in [4.78, 5) is 27.8. The lowest BCUT2D eigenvalue weighted by Gasteiger charge is -2.37. The molecule has 2 aromatic rings. The molecule has 1 saturated heterocycles. The molecule has 0 aromatic heterocycles. The van der Waals surface area contributed by atoms with Gasteiger partial charge in [-0.2, -0.15) is 13.2 Å². The third-order valence-electron chi connectivity index (χ3n) is 5.11. The molecule has 0 atom stereocenters. The van der Waals surface area contributed by atoms with Crippen molar-refractivity contribution in [3.8, 4) is 0 Å². The predicted octanol–water partition coefficient (Wildman–Crippen LogP) is 5.32. The number of amides is 2. The van der Waals surface area contributed by atoms with E-state index >= 15 is 0 Å². The predicted molar refractivity (Wildman–Crippen MR) is 121 cm³/mol. The van der Waals surface area contributed by atoms with Gasteiger partial charge in [-0.05, 0) is 58.0 Å².